The number of imidazole rings is 1. The van der Waals surface area contributed by atoms with Crippen molar-refractivity contribution in [3.05, 3.63) is 66.1 Å². The van der Waals surface area contributed by atoms with E-state index < -0.39 is 0 Å². The highest BCUT2D eigenvalue weighted by Crippen LogP contribution is 2.28. The zero-order chi connectivity index (χ0) is 23.8. The predicted molar refractivity (Wildman–Crippen MR) is 135 cm³/mol. The Morgan fingerprint density at radius 2 is 1.85 bits per heavy atom. The van der Waals surface area contributed by atoms with Gasteiger partial charge >= 0.3 is 6.03 Å². The standard InChI is InChI=1S/C27H36N4O2/c1-6-22-25(21-13-8-7-9-14-21)29-19-31(22)16-11-17-33-23-15-10-12-20(2)24(23)30-26(32)28-18-27(3,4)5/h7-10,12-15,19H,6,11,16-18H2,1-5H3,(H2,28,30,32). The Morgan fingerprint density at radius 3 is 2.55 bits per heavy atom. The number of aromatic nitrogens is 2. The maximum Gasteiger partial charge on any atom is 0.319 e. The summed E-state index contributed by atoms with van der Waals surface area (Å²) in [4.78, 5) is 17.0. The van der Waals surface area contributed by atoms with Crippen LogP contribution in [0, 0.1) is 12.3 Å². The molecule has 0 aliphatic carbocycles. The fraction of sp³-hybridized carbons (Fsp3) is 0.407. The molecule has 176 valence electrons. The Balaban J connectivity index is 1.59. The highest BCUT2D eigenvalue weighted by atomic mass is 16.5. The highest BCUT2D eigenvalue weighted by Gasteiger charge is 2.15. The molecule has 1 heterocycles. The van der Waals surface area contributed by atoms with Crippen molar-refractivity contribution in [1.29, 1.82) is 0 Å². The minimum Gasteiger partial charge on any atom is -0.491 e. The number of nitrogens with one attached hydrogen (secondary N) is 2. The number of anilines is 1. The predicted octanol–water partition coefficient (Wildman–Crippen LogP) is 6.06. The Morgan fingerprint density at radius 1 is 1.09 bits per heavy atom. The van der Waals surface area contributed by atoms with E-state index in [1.807, 2.05) is 49.6 Å². The maximum absolute atomic E-state index is 12.4. The van der Waals surface area contributed by atoms with Gasteiger partial charge < -0.3 is 19.9 Å². The summed E-state index contributed by atoms with van der Waals surface area (Å²) >= 11 is 0. The Labute approximate surface area is 197 Å². The number of carbonyl (C=O) groups excluding carboxylic acids is 1. The van der Waals surface area contributed by atoms with Crippen LogP contribution >= 0.6 is 0 Å². The van der Waals surface area contributed by atoms with Gasteiger partial charge in [0.05, 0.1) is 24.3 Å². The van der Waals surface area contributed by atoms with E-state index in [0.717, 1.165) is 36.2 Å². The molecule has 2 aromatic carbocycles. The highest BCUT2D eigenvalue weighted by molar-refractivity contribution is 5.91. The normalized spacial score (nSPS) is 11.3. The molecule has 1 aromatic heterocycles. The van der Waals surface area contributed by atoms with Gasteiger partial charge in [0.2, 0.25) is 0 Å². The van der Waals surface area contributed by atoms with Gasteiger partial charge in [-0.2, -0.15) is 0 Å². The van der Waals surface area contributed by atoms with E-state index in [-0.39, 0.29) is 11.4 Å². The quantitative estimate of drug-likeness (QED) is 0.391. The summed E-state index contributed by atoms with van der Waals surface area (Å²) in [6, 6.07) is 15.9. The zero-order valence-electron chi connectivity index (χ0n) is 20.4. The number of hydrogen-bond acceptors (Lipinski definition) is 3. The topological polar surface area (TPSA) is 68.2 Å². The van der Waals surface area contributed by atoms with Gasteiger partial charge in [-0.05, 0) is 36.8 Å². The maximum atomic E-state index is 12.4. The molecule has 0 bridgehead atoms. The van der Waals surface area contributed by atoms with Crippen LogP contribution in [0.4, 0.5) is 10.5 Å². The number of benzene rings is 2. The van der Waals surface area contributed by atoms with Gasteiger partial charge in [0.25, 0.3) is 0 Å². The molecule has 2 amide bonds. The van der Waals surface area contributed by atoms with Crippen LogP contribution in [0.1, 0.15) is 45.4 Å². The number of amides is 2. The summed E-state index contributed by atoms with van der Waals surface area (Å²) in [7, 11) is 0. The second-order valence-corrected chi connectivity index (χ2v) is 9.47. The lowest BCUT2D eigenvalue weighted by Crippen LogP contribution is -2.35. The molecular weight excluding hydrogens is 412 g/mol. The van der Waals surface area contributed by atoms with Crippen LogP contribution in [0.2, 0.25) is 0 Å². The third-order valence-electron chi connectivity index (χ3n) is 5.38. The van der Waals surface area contributed by atoms with E-state index in [9.17, 15) is 4.79 Å². The van der Waals surface area contributed by atoms with Crippen molar-refractivity contribution >= 4 is 11.7 Å². The molecular formula is C27H36N4O2. The van der Waals surface area contributed by atoms with E-state index in [4.69, 9.17) is 4.74 Å². The Hall–Kier alpha value is -3.28. The number of urea groups is 1. The van der Waals surface area contributed by atoms with E-state index in [0.29, 0.717) is 24.6 Å². The van der Waals surface area contributed by atoms with Crippen molar-refractivity contribution in [2.45, 2.75) is 54.0 Å². The number of aryl methyl sites for hydroxylation is 2. The number of ether oxygens (including phenoxy) is 1. The second kappa shape index (κ2) is 11.0. The number of hydrogen-bond donors (Lipinski definition) is 2. The van der Waals surface area contributed by atoms with Gasteiger partial charge in [0.15, 0.2) is 0 Å². The minimum absolute atomic E-state index is 0.0213. The van der Waals surface area contributed by atoms with Gasteiger partial charge in [-0.1, -0.05) is 70.2 Å². The van der Waals surface area contributed by atoms with Crippen molar-refractivity contribution in [2.75, 3.05) is 18.5 Å². The molecule has 0 saturated carbocycles. The second-order valence-electron chi connectivity index (χ2n) is 9.47. The van der Waals surface area contributed by atoms with E-state index in [1.54, 1.807) is 0 Å². The van der Waals surface area contributed by atoms with Gasteiger partial charge in [-0.15, -0.1) is 0 Å². The lowest BCUT2D eigenvalue weighted by atomic mass is 9.97. The van der Waals surface area contributed by atoms with Crippen LogP contribution in [-0.2, 0) is 13.0 Å². The molecule has 3 rings (SSSR count). The fourth-order valence-electron chi connectivity index (χ4n) is 3.65. The smallest absolute Gasteiger partial charge is 0.319 e. The number of nitrogens with zero attached hydrogens (tertiary/aromatic N) is 2. The first kappa shape index (κ1) is 24.4. The van der Waals surface area contributed by atoms with Crippen LogP contribution in [0.25, 0.3) is 11.3 Å². The van der Waals surface area contributed by atoms with E-state index in [1.165, 1.54) is 5.69 Å². The van der Waals surface area contributed by atoms with Crippen molar-refractivity contribution in [2.24, 2.45) is 5.41 Å². The van der Waals surface area contributed by atoms with E-state index in [2.05, 4.69) is 60.0 Å². The van der Waals surface area contributed by atoms with Gasteiger partial charge in [-0.3, -0.25) is 0 Å². The lowest BCUT2D eigenvalue weighted by molar-refractivity contribution is 0.246. The molecule has 0 saturated heterocycles. The summed E-state index contributed by atoms with van der Waals surface area (Å²) in [6.45, 7) is 12.3. The fourth-order valence-corrected chi connectivity index (χ4v) is 3.65. The monoisotopic (exact) mass is 448 g/mol. The largest absolute Gasteiger partial charge is 0.491 e. The molecule has 0 aliphatic rings. The SMILES string of the molecule is CCc1c(-c2ccccc2)ncn1CCCOc1cccc(C)c1NC(=O)NCC(C)(C)C. The third-order valence-corrected chi connectivity index (χ3v) is 5.38. The van der Waals surface area contributed by atoms with Crippen LogP contribution in [0.3, 0.4) is 0 Å². The summed E-state index contributed by atoms with van der Waals surface area (Å²) < 4.78 is 8.28. The molecule has 0 radical (unpaired) electrons. The Bertz CT molecular complexity index is 1050. The van der Waals surface area contributed by atoms with Crippen molar-refractivity contribution in [3.63, 3.8) is 0 Å². The molecule has 0 fully saturated rings. The Kier molecular flexibility index (Phi) is 8.15. The molecule has 3 aromatic rings. The molecule has 6 heteroatoms. The third kappa shape index (κ3) is 6.85. The first-order valence-corrected chi connectivity index (χ1v) is 11.6. The zero-order valence-corrected chi connectivity index (χ0v) is 20.4. The molecule has 2 N–H and O–H groups in total. The summed E-state index contributed by atoms with van der Waals surface area (Å²) in [5.74, 6) is 0.687. The number of carbonyl (C=O) groups is 1. The first-order valence-electron chi connectivity index (χ1n) is 11.6. The minimum atomic E-state index is -0.219. The van der Waals surface area contributed by atoms with Gasteiger partial charge in [0, 0.05) is 24.3 Å². The van der Waals surface area contributed by atoms with Crippen LogP contribution in [0.15, 0.2) is 54.9 Å². The summed E-state index contributed by atoms with van der Waals surface area (Å²) in [5, 5.41) is 5.89. The van der Waals surface area contributed by atoms with Crippen molar-refractivity contribution < 1.29 is 9.53 Å². The first-order chi connectivity index (χ1) is 15.8. The average Bonchev–Trinajstić information content (AvgIpc) is 3.20. The summed E-state index contributed by atoms with van der Waals surface area (Å²) in [5.41, 5.74) is 5.12. The van der Waals surface area contributed by atoms with Crippen molar-refractivity contribution in [1.82, 2.24) is 14.9 Å². The van der Waals surface area contributed by atoms with Gasteiger partial charge in [-0.25, -0.2) is 9.78 Å². The molecule has 0 spiro atoms. The van der Waals surface area contributed by atoms with Crippen LogP contribution < -0.4 is 15.4 Å². The van der Waals surface area contributed by atoms with E-state index >= 15 is 0 Å². The molecule has 0 aliphatic heterocycles. The lowest BCUT2D eigenvalue weighted by Gasteiger charge is -2.20. The molecule has 6 nitrogen and oxygen atoms in total. The van der Waals surface area contributed by atoms with Gasteiger partial charge in [0.1, 0.15) is 5.75 Å². The summed E-state index contributed by atoms with van der Waals surface area (Å²) in [6.07, 6.45) is 3.67. The van der Waals surface area contributed by atoms with Crippen LogP contribution in [-0.4, -0.2) is 28.7 Å². The van der Waals surface area contributed by atoms with Crippen molar-refractivity contribution in [3.8, 4) is 17.0 Å². The molecule has 0 unspecified atom stereocenters. The average molecular weight is 449 g/mol. The molecule has 33 heavy (non-hydrogen) atoms. The number of para-hydroxylation sites is 1. The molecule has 0 atom stereocenters. The van der Waals surface area contributed by atoms with Crippen LogP contribution in [0.5, 0.6) is 5.75 Å². The number of rotatable bonds is 9.